The number of ether oxygens (including phenoxy) is 5. The molecule has 21 heteroatoms. The van der Waals surface area contributed by atoms with Crippen LogP contribution in [0.5, 0.6) is 0 Å². The Bertz CT molecular complexity index is 959. The predicted octanol–water partition coefficient (Wildman–Crippen LogP) is -9.25. The van der Waals surface area contributed by atoms with Gasteiger partial charge in [0.2, 0.25) is 5.91 Å². The van der Waals surface area contributed by atoms with Gasteiger partial charge in [-0.25, -0.2) is 4.79 Å². The molecule has 0 radical (unpaired) electrons. The number of nitrogens with one attached hydrogen (secondary N) is 1. The predicted molar refractivity (Wildman–Crippen MR) is 131 cm³/mol. The van der Waals surface area contributed by atoms with Crippen LogP contribution in [0, 0.1) is 0 Å². The van der Waals surface area contributed by atoms with Gasteiger partial charge in [0.25, 0.3) is 5.79 Å². The first-order valence-electron chi connectivity index (χ1n) is 13.4. The Hall–Kier alpha value is -1.74. The molecule has 0 spiro atoms. The van der Waals surface area contributed by atoms with E-state index in [0.717, 1.165) is 0 Å². The molecule has 1 amide bonds. The third kappa shape index (κ3) is 7.45. The van der Waals surface area contributed by atoms with E-state index in [9.17, 15) is 70.9 Å². The summed E-state index contributed by atoms with van der Waals surface area (Å²) in [5, 5.41) is 133. The maximum absolute atomic E-state index is 12.6. The SMILES string of the molecule is O=C(CO)NC1C(O)CC(OC2C(O)C(CO)OC(OC3C(CO)OC(O)C(O)C3O)C2O)(C(=O)O)OC1C(O)C(O)CO. The molecule has 0 saturated carbocycles. The second-order valence-electron chi connectivity index (χ2n) is 10.5. The van der Waals surface area contributed by atoms with Crippen LogP contribution in [-0.2, 0) is 33.3 Å². The van der Waals surface area contributed by atoms with Crippen molar-refractivity contribution < 1.29 is 99.7 Å². The minimum Gasteiger partial charge on any atom is -0.477 e. The monoisotopic (exact) mass is 649 g/mol. The molecule has 16 unspecified atom stereocenters. The van der Waals surface area contributed by atoms with Crippen molar-refractivity contribution in [3.8, 4) is 0 Å². The van der Waals surface area contributed by atoms with Crippen molar-refractivity contribution in [3.63, 3.8) is 0 Å². The molecule has 3 fully saturated rings. The molecule has 14 N–H and O–H groups in total. The van der Waals surface area contributed by atoms with Crippen molar-refractivity contribution in [1.82, 2.24) is 5.32 Å². The summed E-state index contributed by atoms with van der Waals surface area (Å²) in [6.45, 7) is -4.07. The van der Waals surface area contributed by atoms with Gasteiger partial charge in [-0.15, -0.1) is 0 Å². The number of hydrogen-bond donors (Lipinski definition) is 14. The topological polar surface area (TPSA) is 355 Å². The highest BCUT2D eigenvalue weighted by Crippen LogP contribution is 2.38. The van der Waals surface area contributed by atoms with E-state index in [2.05, 4.69) is 5.32 Å². The Labute approximate surface area is 248 Å². The highest BCUT2D eigenvalue weighted by Gasteiger charge is 2.60. The summed E-state index contributed by atoms with van der Waals surface area (Å²) in [6.07, 6.45) is -28.5. The minimum absolute atomic E-state index is 0.883. The first kappa shape index (κ1) is 36.7. The van der Waals surface area contributed by atoms with Crippen LogP contribution in [-0.4, -0.2) is 202 Å². The number of aliphatic hydroxyl groups excluding tert-OH is 12. The van der Waals surface area contributed by atoms with E-state index < -0.39 is 142 Å². The lowest BCUT2D eigenvalue weighted by Gasteiger charge is -2.50. The number of carboxylic acids is 1. The second kappa shape index (κ2) is 15.2. The fourth-order valence-electron chi connectivity index (χ4n) is 5.16. The zero-order valence-corrected chi connectivity index (χ0v) is 22.9. The van der Waals surface area contributed by atoms with E-state index in [0.29, 0.717) is 0 Å². The molecule has 0 bridgehead atoms. The van der Waals surface area contributed by atoms with Crippen molar-refractivity contribution in [1.29, 1.82) is 0 Å². The third-order valence-corrected chi connectivity index (χ3v) is 7.57. The van der Waals surface area contributed by atoms with Gasteiger partial charge < -0.3 is 95.4 Å². The molecule has 0 aromatic heterocycles. The zero-order chi connectivity index (χ0) is 33.1. The summed E-state index contributed by atoms with van der Waals surface area (Å²) in [6, 6.07) is -1.70. The van der Waals surface area contributed by atoms with Crippen molar-refractivity contribution in [2.45, 2.75) is 104 Å². The number of rotatable bonds is 12. The number of carboxylic acid groups (broad SMARTS) is 1. The average molecular weight is 650 g/mol. The van der Waals surface area contributed by atoms with Gasteiger partial charge in [0.15, 0.2) is 12.6 Å². The highest BCUT2D eigenvalue weighted by atomic mass is 16.8. The van der Waals surface area contributed by atoms with Crippen LogP contribution in [0.1, 0.15) is 6.42 Å². The van der Waals surface area contributed by atoms with Gasteiger partial charge in [0.05, 0.1) is 32.0 Å². The van der Waals surface area contributed by atoms with Gasteiger partial charge in [-0.05, 0) is 0 Å². The van der Waals surface area contributed by atoms with E-state index in [1.54, 1.807) is 0 Å². The lowest BCUT2D eigenvalue weighted by Crippen LogP contribution is -2.71. The van der Waals surface area contributed by atoms with Crippen LogP contribution in [0.25, 0.3) is 0 Å². The molecule has 0 aromatic carbocycles. The quantitative estimate of drug-likeness (QED) is 0.0932. The van der Waals surface area contributed by atoms with Crippen LogP contribution in [0.15, 0.2) is 0 Å². The van der Waals surface area contributed by atoms with E-state index in [1.165, 1.54) is 0 Å². The largest absolute Gasteiger partial charge is 0.477 e. The summed E-state index contributed by atoms with van der Waals surface area (Å²) in [5.74, 6) is -6.21. The number of aliphatic hydroxyl groups is 12. The van der Waals surface area contributed by atoms with E-state index in [-0.39, 0.29) is 0 Å². The molecular weight excluding hydrogens is 610 g/mol. The molecule has 3 rings (SSSR count). The van der Waals surface area contributed by atoms with Gasteiger partial charge in [0, 0.05) is 6.42 Å². The van der Waals surface area contributed by atoms with Crippen LogP contribution in [0.2, 0.25) is 0 Å². The molecule has 44 heavy (non-hydrogen) atoms. The van der Waals surface area contributed by atoms with Crippen LogP contribution >= 0.6 is 0 Å². The maximum atomic E-state index is 12.6. The van der Waals surface area contributed by atoms with E-state index in [1.807, 2.05) is 0 Å². The van der Waals surface area contributed by atoms with Crippen LogP contribution in [0.4, 0.5) is 0 Å². The second-order valence-corrected chi connectivity index (χ2v) is 10.5. The molecular formula is C23H39NO20. The summed E-state index contributed by atoms with van der Waals surface area (Å²) < 4.78 is 26.8. The van der Waals surface area contributed by atoms with Gasteiger partial charge in [-0.3, -0.25) is 4.79 Å². The fourth-order valence-corrected chi connectivity index (χ4v) is 5.16. The Morgan fingerprint density at radius 3 is 2.05 bits per heavy atom. The first-order chi connectivity index (χ1) is 20.7. The molecule has 0 aromatic rings. The molecule has 0 aliphatic carbocycles. The molecule has 3 aliphatic heterocycles. The minimum atomic E-state index is -3.09. The van der Waals surface area contributed by atoms with Gasteiger partial charge in [0.1, 0.15) is 73.8 Å². The number of hydrogen-bond acceptors (Lipinski definition) is 19. The average Bonchev–Trinajstić information content (AvgIpc) is 3.00. The van der Waals surface area contributed by atoms with Gasteiger partial charge in [-0.2, -0.15) is 0 Å². The van der Waals surface area contributed by atoms with Gasteiger partial charge >= 0.3 is 5.97 Å². The Balaban J connectivity index is 1.95. The summed E-state index contributed by atoms with van der Waals surface area (Å²) in [4.78, 5) is 24.4. The van der Waals surface area contributed by atoms with Crippen molar-refractivity contribution in [3.05, 3.63) is 0 Å². The molecule has 256 valence electrons. The Morgan fingerprint density at radius 1 is 0.864 bits per heavy atom. The van der Waals surface area contributed by atoms with Gasteiger partial charge in [-0.1, -0.05) is 0 Å². The molecule has 21 nitrogen and oxygen atoms in total. The third-order valence-electron chi connectivity index (χ3n) is 7.57. The summed E-state index contributed by atoms with van der Waals surface area (Å²) >= 11 is 0. The Morgan fingerprint density at radius 2 is 1.50 bits per heavy atom. The Kier molecular flexibility index (Phi) is 12.7. The first-order valence-corrected chi connectivity index (χ1v) is 13.4. The van der Waals surface area contributed by atoms with Crippen molar-refractivity contribution in [2.75, 3.05) is 26.4 Å². The lowest BCUT2D eigenvalue weighted by molar-refractivity contribution is -0.385. The molecule has 3 aliphatic rings. The van der Waals surface area contributed by atoms with E-state index in [4.69, 9.17) is 28.8 Å². The van der Waals surface area contributed by atoms with Crippen LogP contribution in [0.3, 0.4) is 0 Å². The molecule has 16 atom stereocenters. The zero-order valence-electron chi connectivity index (χ0n) is 22.9. The van der Waals surface area contributed by atoms with Crippen molar-refractivity contribution in [2.24, 2.45) is 0 Å². The lowest BCUT2D eigenvalue weighted by atomic mass is 9.88. The smallest absolute Gasteiger partial charge is 0.364 e. The van der Waals surface area contributed by atoms with Crippen molar-refractivity contribution >= 4 is 11.9 Å². The molecule has 3 saturated heterocycles. The highest BCUT2D eigenvalue weighted by molar-refractivity contribution is 5.78. The number of aliphatic carboxylic acids is 1. The summed E-state index contributed by atoms with van der Waals surface area (Å²) in [5.41, 5.74) is 0. The normalized spacial score (nSPS) is 44.5. The maximum Gasteiger partial charge on any atom is 0.364 e. The summed E-state index contributed by atoms with van der Waals surface area (Å²) in [7, 11) is 0. The van der Waals surface area contributed by atoms with E-state index >= 15 is 0 Å². The number of carbonyl (C=O) groups is 2. The fraction of sp³-hybridized carbons (Fsp3) is 0.913. The molecule has 3 heterocycles. The standard InChI is InChI=1S/C23H39NO20/c25-2-7(30)12(32)18-11(24-10(31)5-28)6(29)1-23(43-18,22(38)39)44-19-13(33)8(3-26)41-21(16(19)36)42-17-9(4-27)40-20(37)15(35)14(17)34/h6-9,11-21,25-30,32-37H,1-5H2,(H,24,31)(H,38,39). The van der Waals surface area contributed by atoms with Crippen LogP contribution < -0.4 is 5.32 Å². The number of amides is 1. The number of carbonyl (C=O) groups excluding carboxylic acids is 1.